The van der Waals surface area contributed by atoms with Gasteiger partial charge in [0.1, 0.15) is 17.5 Å². The summed E-state index contributed by atoms with van der Waals surface area (Å²) in [5, 5.41) is 2.85. The predicted octanol–water partition coefficient (Wildman–Crippen LogP) is 1.32. The first kappa shape index (κ1) is 16.2. The van der Waals surface area contributed by atoms with Crippen LogP contribution in [0.25, 0.3) is 0 Å². The molecular formula is C14H25N5O. The summed E-state index contributed by atoms with van der Waals surface area (Å²) in [7, 11) is 1.81. The van der Waals surface area contributed by atoms with Gasteiger partial charge in [-0.25, -0.2) is 9.97 Å². The van der Waals surface area contributed by atoms with Crippen molar-refractivity contribution >= 4 is 17.5 Å². The number of nitrogen functional groups attached to an aromatic ring is 1. The Morgan fingerprint density at radius 1 is 1.40 bits per heavy atom. The minimum absolute atomic E-state index is 0.0445. The maximum atomic E-state index is 11.8. The fourth-order valence-corrected chi connectivity index (χ4v) is 1.65. The van der Waals surface area contributed by atoms with Crippen molar-refractivity contribution in [1.82, 2.24) is 15.3 Å². The highest BCUT2D eigenvalue weighted by Crippen LogP contribution is 2.22. The maximum Gasteiger partial charge on any atom is 0.239 e. The van der Waals surface area contributed by atoms with Crippen molar-refractivity contribution in [3.8, 4) is 0 Å². The van der Waals surface area contributed by atoms with Gasteiger partial charge in [0.05, 0.1) is 6.54 Å². The number of carbonyl (C=O) groups excluding carboxylic acids is 1. The molecule has 1 amide bonds. The molecule has 0 aliphatic heterocycles. The average molecular weight is 279 g/mol. The second kappa shape index (κ2) is 6.07. The van der Waals surface area contributed by atoms with Crippen molar-refractivity contribution in [2.75, 3.05) is 24.2 Å². The molecule has 0 saturated heterocycles. The average Bonchev–Trinajstić information content (AvgIpc) is 2.25. The van der Waals surface area contributed by atoms with E-state index in [9.17, 15) is 4.79 Å². The monoisotopic (exact) mass is 279 g/mol. The summed E-state index contributed by atoms with van der Waals surface area (Å²) in [5.74, 6) is 1.69. The fourth-order valence-electron chi connectivity index (χ4n) is 1.65. The second-order valence-electron chi connectivity index (χ2n) is 6.30. The van der Waals surface area contributed by atoms with E-state index in [-0.39, 0.29) is 23.9 Å². The van der Waals surface area contributed by atoms with Gasteiger partial charge < -0.3 is 16.0 Å². The quantitative estimate of drug-likeness (QED) is 0.868. The van der Waals surface area contributed by atoms with Crippen LogP contribution in [-0.2, 0) is 10.2 Å². The van der Waals surface area contributed by atoms with Crippen molar-refractivity contribution in [2.24, 2.45) is 0 Å². The van der Waals surface area contributed by atoms with Gasteiger partial charge in [0.15, 0.2) is 0 Å². The van der Waals surface area contributed by atoms with Crippen molar-refractivity contribution in [2.45, 2.75) is 46.1 Å². The molecule has 6 heteroatoms. The van der Waals surface area contributed by atoms with E-state index in [4.69, 9.17) is 5.73 Å². The maximum absolute atomic E-state index is 11.8. The van der Waals surface area contributed by atoms with Crippen LogP contribution in [0, 0.1) is 0 Å². The van der Waals surface area contributed by atoms with Gasteiger partial charge in [-0.1, -0.05) is 20.8 Å². The first-order chi connectivity index (χ1) is 9.09. The molecule has 0 fully saturated rings. The van der Waals surface area contributed by atoms with Crippen LogP contribution in [0.2, 0.25) is 0 Å². The van der Waals surface area contributed by atoms with Gasteiger partial charge in [-0.3, -0.25) is 4.79 Å². The molecule has 0 unspecified atom stereocenters. The SMILES string of the molecule is CC(C)NC(=O)CN(C)c1cc(N)nc(C(C)(C)C)n1. The number of nitrogens with zero attached hydrogens (tertiary/aromatic N) is 3. The van der Waals surface area contributed by atoms with Crippen molar-refractivity contribution in [3.63, 3.8) is 0 Å². The molecule has 0 radical (unpaired) electrons. The summed E-state index contributed by atoms with van der Waals surface area (Å²) in [5.41, 5.74) is 5.64. The fraction of sp³-hybridized carbons (Fsp3) is 0.643. The summed E-state index contributed by atoms with van der Waals surface area (Å²) < 4.78 is 0. The minimum Gasteiger partial charge on any atom is -0.384 e. The molecule has 0 atom stereocenters. The molecule has 6 nitrogen and oxygen atoms in total. The third kappa shape index (κ3) is 4.68. The smallest absolute Gasteiger partial charge is 0.239 e. The molecule has 0 aliphatic rings. The molecule has 1 aromatic heterocycles. The van der Waals surface area contributed by atoms with E-state index in [2.05, 4.69) is 15.3 Å². The molecule has 1 heterocycles. The number of amides is 1. The van der Waals surface area contributed by atoms with Crippen molar-refractivity contribution in [3.05, 3.63) is 11.9 Å². The lowest BCUT2D eigenvalue weighted by Crippen LogP contribution is -2.39. The highest BCUT2D eigenvalue weighted by Gasteiger charge is 2.20. The Balaban J connectivity index is 2.90. The van der Waals surface area contributed by atoms with E-state index in [0.29, 0.717) is 17.5 Å². The summed E-state index contributed by atoms with van der Waals surface area (Å²) in [4.78, 5) is 22.3. The van der Waals surface area contributed by atoms with Crippen molar-refractivity contribution in [1.29, 1.82) is 0 Å². The molecule has 3 N–H and O–H groups in total. The number of nitrogens with one attached hydrogen (secondary N) is 1. The lowest BCUT2D eigenvalue weighted by molar-refractivity contribution is -0.120. The number of likely N-dealkylation sites (N-methyl/N-ethyl adjacent to an activating group) is 1. The normalized spacial score (nSPS) is 11.6. The van der Waals surface area contributed by atoms with Gasteiger partial charge in [-0.15, -0.1) is 0 Å². The number of anilines is 2. The van der Waals surface area contributed by atoms with Gasteiger partial charge in [-0.05, 0) is 13.8 Å². The van der Waals surface area contributed by atoms with E-state index in [1.807, 2.05) is 41.7 Å². The van der Waals surface area contributed by atoms with Gasteiger partial charge in [-0.2, -0.15) is 0 Å². The van der Waals surface area contributed by atoms with E-state index in [1.54, 1.807) is 11.0 Å². The topological polar surface area (TPSA) is 84.1 Å². The van der Waals surface area contributed by atoms with Gasteiger partial charge in [0.2, 0.25) is 5.91 Å². The molecule has 0 bridgehead atoms. The molecule has 0 saturated carbocycles. The Morgan fingerprint density at radius 2 is 2.00 bits per heavy atom. The van der Waals surface area contributed by atoms with Crippen LogP contribution in [0.3, 0.4) is 0 Å². The van der Waals surface area contributed by atoms with E-state index >= 15 is 0 Å². The first-order valence-electron chi connectivity index (χ1n) is 6.75. The largest absolute Gasteiger partial charge is 0.384 e. The molecule has 0 aliphatic carbocycles. The van der Waals surface area contributed by atoms with Crippen molar-refractivity contribution < 1.29 is 4.79 Å². The minimum atomic E-state index is -0.189. The van der Waals surface area contributed by atoms with Crippen LogP contribution in [-0.4, -0.2) is 35.5 Å². The number of rotatable bonds is 4. The first-order valence-corrected chi connectivity index (χ1v) is 6.75. The van der Waals surface area contributed by atoms with Gasteiger partial charge >= 0.3 is 0 Å². The van der Waals surface area contributed by atoms with E-state index in [0.717, 1.165) is 0 Å². The van der Waals surface area contributed by atoms with Crippen LogP contribution in [0.4, 0.5) is 11.6 Å². The Hall–Kier alpha value is -1.85. The Kier molecular flexibility index (Phi) is 4.92. The summed E-state index contributed by atoms with van der Waals surface area (Å²) in [6, 6.07) is 1.80. The second-order valence-corrected chi connectivity index (χ2v) is 6.30. The summed E-state index contributed by atoms with van der Waals surface area (Å²) in [6.45, 7) is 10.2. The number of carbonyl (C=O) groups is 1. The number of hydrogen-bond donors (Lipinski definition) is 2. The third-order valence-corrected chi connectivity index (χ3v) is 2.62. The zero-order chi connectivity index (χ0) is 15.5. The molecule has 112 valence electrons. The summed E-state index contributed by atoms with van der Waals surface area (Å²) >= 11 is 0. The van der Waals surface area contributed by atoms with Crippen LogP contribution in [0.5, 0.6) is 0 Å². The lowest BCUT2D eigenvalue weighted by atomic mass is 9.96. The van der Waals surface area contributed by atoms with Gasteiger partial charge in [0, 0.05) is 24.6 Å². The molecular weight excluding hydrogens is 254 g/mol. The number of nitrogens with two attached hydrogens (primary N) is 1. The molecule has 20 heavy (non-hydrogen) atoms. The number of aromatic nitrogens is 2. The lowest BCUT2D eigenvalue weighted by Gasteiger charge is -2.22. The molecule has 0 spiro atoms. The molecule has 0 aromatic carbocycles. The third-order valence-electron chi connectivity index (χ3n) is 2.62. The molecule has 1 rings (SSSR count). The Labute approximate surface area is 120 Å². The zero-order valence-electron chi connectivity index (χ0n) is 13.2. The Bertz CT molecular complexity index is 479. The molecule has 1 aromatic rings. The zero-order valence-corrected chi connectivity index (χ0v) is 13.2. The van der Waals surface area contributed by atoms with Crippen LogP contribution >= 0.6 is 0 Å². The van der Waals surface area contributed by atoms with Crippen LogP contribution in [0.15, 0.2) is 6.07 Å². The highest BCUT2D eigenvalue weighted by atomic mass is 16.2. The standard InChI is InChI=1S/C14H25N5O/c1-9(2)16-12(20)8-19(6)11-7-10(15)17-13(18-11)14(3,4)5/h7,9H,8H2,1-6H3,(H,16,20)(H2,15,17,18). The van der Waals surface area contributed by atoms with Gasteiger partial charge in [0.25, 0.3) is 0 Å². The van der Waals surface area contributed by atoms with E-state index in [1.165, 1.54) is 0 Å². The predicted molar refractivity (Wildman–Crippen MR) is 81.7 cm³/mol. The van der Waals surface area contributed by atoms with Crippen LogP contribution in [0.1, 0.15) is 40.4 Å². The highest BCUT2D eigenvalue weighted by molar-refractivity contribution is 5.81. The van der Waals surface area contributed by atoms with Crippen LogP contribution < -0.4 is 16.0 Å². The number of hydrogen-bond acceptors (Lipinski definition) is 5. The van der Waals surface area contributed by atoms with E-state index < -0.39 is 0 Å². The Morgan fingerprint density at radius 3 is 2.50 bits per heavy atom. The summed E-state index contributed by atoms with van der Waals surface area (Å²) in [6.07, 6.45) is 0.